The van der Waals surface area contributed by atoms with E-state index < -0.39 is 0 Å². The molecule has 2 aromatic rings. The van der Waals surface area contributed by atoms with Crippen LogP contribution in [0, 0.1) is 5.92 Å². The molecule has 2 aromatic carbocycles. The van der Waals surface area contributed by atoms with Crippen molar-refractivity contribution < 1.29 is 9.53 Å². The number of rotatable bonds is 5. The lowest BCUT2D eigenvalue weighted by atomic mass is 10.0. The van der Waals surface area contributed by atoms with Crippen molar-refractivity contribution in [2.45, 2.75) is 38.3 Å². The number of nitrogens with two attached hydrogens (primary N) is 1. The number of hydrogen-bond donors (Lipinski definition) is 2. The van der Waals surface area contributed by atoms with Gasteiger partial charge in [0.25, 0.3) is 0 Å². The smallest absolute Gasteiger partial charge is 0.223 e. The Bertz CT molecular complexity index is 670. The average Bonchev–Trinajstić information content (AvgIpc) is 3.03. The molecule has 126 valence electrons. The Morgan fingerprint density at radius 2 is 1.75 bits per heavy atom. The summed E-state index contributed by atoms with van der Waals surface area (Å²) in [6, 6.07) is 17.7. The van der Waals surface area contributed by atoms with Gasteiger partial charge in [-0.15, -0.1) is 0 Å². The number of carbonyl (C=O) groups excluding carboxylic acids is 1. The summed E-state index contributed by atoms with van der Waals surface area (Å²) in [6.45, 7) is 2.00. The van der Waals surface area contributed by atoms with Gasteiger partial charge in [0.15, 0.2) is 0 Å². The van der Waals surface area contributed by atoms with Gasteiger partial charge in [0, 0.05) is 12.0 Å². The molecule has 0 heterocycles. The zero-order valence-corrected chi connectivity index (χ0v) is 13.9. The van der Waals surface area contributed by atoms with Gasteiger partial charge >= 0.3 is 0 Å². The zero-order valence-electron chi connectivity index (χ0n) is 13.9. The van der Waals surface area contributed by atoms with Gasteiger partial charge in [-0.25, -0.2) is 0 Å². The largest absolute Gasteiger partial charge is 0.457 e. The van der Waals surface area contributed by atoms with E-state index in [9.17, 15) is 4.79 Å². The van der Waals surface area contributed by atoms with Crippen molar-refractivity contribution in [2.75, 3.05) is 0 Å². The zero-order chi connectivity index (χ0) is 16.9. The Morgan fingerprint density at radius 1 is 1.08 bits per heavy atom. The average molecular weight is 324 g/mol. The Hall–Kier alpha value is -2.33. The third-order valence-electron chi connectivity index (χ3n) is 4.56. The maximum Gasteiger partial charge on any atom is 0.223 e. The second-order valence-electron chi connectivity index (χ2n) is 6.48. The van der Waals surface area contributed by atoms with Gasteiger partial charge in [0.1, 0.15) is 11.5 Å². The molecule has 1 amide bonds. The minimum Gasteiger partial charge on any atom is -0.457 e. The molecule has 0 spiro atoms. The van der Waals surface area contributed by atoms with Crippen molar-refractivity contribution >= 4 is 5.91 Å². The highest BCUT2D eigenvalue weighted by Crippen LogP contribution is 2.26. The Kier molecular flexibility index (Phi) is 5.16. The van der Waals surface area contributed by atoms with Gasteiger partial charge in [-0.3, -0.25) is 4.79 Å². The lowest BCUT2D eigenvalue weighted by molar-refractivity contribution is -0.125. The lowest BCUT2D eigenvalue weighted by Gasteiger charge is -2.18. The maximum atomic E-state index is 12.3. The van der Waals surface area contributed by atoms with Gasteiger partial charge < -0.3 is 15.8 Å². The second-order valence-corrected chi connectivity index (χ2v) is 6.48. The standard InChI is InChI=1S/C20H24N2O2/c1-14(22-20(23)16-7-10-17(21)13-16)15-8-11-19(12-9-15)24-18-5-3-2-4-6-18/h2-6,8-9,11-12,14,16-17H,7,10,13,21H2,1H3,(H,22,23). The maximum absolute atomic E-state index is 12.3. The molecule has 1 aliphatic rings. The SMILES string of the molecule is CC(NC(=O)C1CCC(N)C1)c1ccc(Oc2ccccc2)cc1. The first kappa shape index (κ1) is 16.5. The van der Waals surface area contributed by atoms with Crippen LogP contribution in [-0.2, 0) is 4.79 Å². The van der Waals surface area contributed by atoms with Gasteiger partial charge in [0.05, 0.1) is 6.04 Å². The number of para-hydroxylation sites is 1. The molecule has 3 N–H and O–H groups in total. The molecule has 1 saturated carbocycles. The summed E-state index contributed by atoms with van der Waals surface area (Å²) in [5, 5.41) is 3.09. The molecular weight excluding hydrogens is 300 g/mol. The topological polar surface area (TPSA) is 64.4 Å². The summed E-state index contributed by atoms with van der Waals surface area (Å²) >= 11 is 0. The summed E-state index contributed by atoms with van der Waals surface area (Å²) in [6.07, 6.45) is 2.63. The predicted octanol–water partition coefficient (Wildman–Crippen LogP) is 3.78. The second kappa shape index (κ2) is 7.49. The van der Waals surface area contributed by atoms with E-state index in [1.807, 2.05) is 61.5 Å². The number of hydrogen-bond acceptors (Lipinski definition) is 3. The molecule has 0 radical (unpaired) electrons. The van der Waals surface area contributed by atoms with E-state index in [-0.39, 0.29) is 23.9 Å². The van der Waals surface area contributed by atoms with Gasteiger partial charge in [-0.2, -0.15) is 0 Å². The highest BCUT2D eigenvalue weighted by Gasteiger charge is 2.28. The van der Waals surface area contributed by atoms with E-state index in [4.69, 9.17) is 10.5 Å². The predicted molar refractivity (Wildman–Crippen MR) is 94.8 cm³/mol. The van der Waals surface area contributed by atoms with E-state index in [1.165, 1.54) is 0 Å². The molecule has 0 saturated heterocycles. The van der Waals surface area contributed by atoms with E-state index in [0.29, 0.717) is 0 Å². The molecule has 0 aromatic heterocycles. The molecule has 0 bridgehead atoms. The van der Waals surface area contributed by atoms with E-state index in [2.05, 4.69) is 5.32 Å². The minimum atomic E-state index is -0.0277. The van der Waals surface area contributed by atoms with Gasteiger partial charge in [0.2, 0.25) is 5.91 Å². The quantitative estimate of drug-likeness (QED) is 0.879. The third-order valence-corrected chi connectivity index (χ3v) is 4.56. The van der Waals surface area contributed by atoms with Crippen LogP contribution in [0.15, 0.2) is 54.6 Å². The fourth-order valence-corrected chi connectivity index (χ4v) is 3.12. The van der Waals surface area contributed by atoms with Crippen molar-refractivity contribution in [3.8, 4) is 11.5 Å². The minimum absolute atomic E-state index is 0.0277. The van der Waals surface area contributed by atoms with Crippen LogP contribution in [-0.4, -0.2) is 11.9 Å². The monoisotopic (exact) mass is 324 g/mol. The molecule has 4 heteroatoms. The number of ether oxygens (including phenoxy) is 1. The van der Waals surface area contributed by atoms with Crippen LogP contribution in [0.4, 0.5) is 0 Å². The van der Waals surface area contributed by atoms with Crippen molar-refractivity contribution in [3.63, 3.8) is 0 Å². The molecular formula is C20H24N2O2. The van der Waals surface area contributed by atoms with Crippen molar-refractivity contribution in [2.24, 2.45) is 11.7 Å². The molecule has 3 rings (SSSR count). The number of benzene rings is 2. The summed E-state index contributed by atoms with van der Waals surface area (Å²) in [5.41, 5.74) is 6.95. The molecule has 3 atom stereocenters. The van der Waals surface area contributed by atoms with E-state index >= 15 is 0 Å². The van der Waals surface area contributed by atoms with Crippen molar-refractivity contribution in [1.29, 1.82) is 0 Å². The van der Waals surface area contributed by atoms with Crippen LogP contribution >= 0.6 is 0 Å². The number of carbonyl (C=O) groups is 1. The third kappa shape index (κ3) is 4.15. The molecule has 3 unspecified atom stereocenters. The summed E-state index contributed by atoms with van der Waals surface area (Å²) < 4.78 is 5.79. The van der Waals surface area contributed by atoms with Gasteiger partial charge in [-0.05, 0) is 56.0 Å². The van der Waals surface area contributed by atoms with E-state index in [0.717, 1.165) is 36.3 Å². The van der Waals surface area contributed by atoms with Crippen LogP contribution in [0.2, 0.25) is 0 Å². The first-order valence-corrected chi connectivity index (χ1v) is 8.50. The fraction of sp³-hybridized carbons (Fsp3) is 0.350. The van der Waals surface area contributed by atoms with Crippen LogP contribution in [0.5, 0.6) is 11.5 Å². The summed E-state index contributed by atoms with van der Waals surface area (Å²) in [7, 11) is 0. The first-order chi connectivity index (χ1) is 11.6. The van der Waals surface area contributed by atoms with Crippen LogP contribution in [0.1, 0.15) is 37.8 Å². The van der Waals surface area contributed by atoms with Crippen LogP contribution in [0.3, 0.4) is 0 Å². The van der Waals surface area contributed by atoms with Crippen molar-refractivity contribution in [1.82, 2.24) is 5.32 Å². The Labute approximate surface area is 143 Å². The first-order valence-electron chi connectivity index (χ1n) is 8.50. The normalized spacial score (nSPS) is 21.2. The summed E-state index contributed by atoms with van der Waals surface area (Å²) in [4.78, 5) is 12.3. The molecule has 24 heavy (non-hydrogen) atoms. The fourth-order valence-electron chi connectivity index (χ4n) is 3.12. The van der Waals surface area contributed by atoms with Crippen LogP contribution < -0.4 is 15.8 Å². The highest BCUT2D eigenvalue weighted by molar-refractivity contribution is 5.79. The molecule has 0 aliphatic heterocycles. The van der Waals surface area contributed by atoms with Gasteiger partial charge in [-0.1, -0.05) is 30.3 Å². The van der Waals surface area contributed by atoms with E-state index in [1.54, 1.807) is 0 Å². The Morgan fingerprint density at radius 3 is 2.38 bits per heavy atom. The lowest BCUT2D eigenvalue weighted by Crippen LogP contribution is -2.32. The number of nitrogens with one attached hydrogen (secondary N) is 1. The number of amides is 1. The Balaban J connectivity index is 1.57. The van der Waals surface area contributed by atoms with Crippen LogP contribution in [0.25, 0.3) is 0 Å². The van der Waals surface area contributed by atoms with Crippen molar-refractivity contribution in [3.05, 3.63) is 60.2 Å². The summed E-state index contributed by atoms with van der Waals surface area (Å²) in [5.74, 6) is 1.76. The molecule has 1 aliphatic carbocycles. The molecule has 4 nitrogen and oxygen atoms in total. The molecule has 1 fully saturated rings. The highest BCUT2D eigenvalue weighted by atomic mass is 16.5.